The number of piperidine rings is 1. The van der Waals surface area contributed by atoms with Crippen molar-refractivity contribution in [2.45, 2.75) is 44.8 Å². The van der Waals surface area contributed by atoms with Crippen molar-refractivity contribution in [3.8, 4) is 0 Å². The van der Waals surface area contributed by atoms with Crippen molar-refractivity contribution in [2.24, 2.45) is 5.92 Å². The van der Waals surface area contributed by atoms with Crippen molar-refractivity contribution < 1.29 is 14.3 Å². The quantitative estimate of drug-likeness (QED) is 0.496. The monoisotopic (exact) mass is 480 g/mol. The second-order valence-electron chi connectivity index (χ2n) is 9.70. The van der Waals surface area contributed by atoms with Crippen LogP contribution in [-0.4, -0.2) is 42.5 Å². The maximum Gasteiger partial charge on any atom is 0.407 e. The summed E-state index contributed by atoms with van der Waals surface area (Å²) in [6.45, 7) is 7.85. The molecule has 174 valence electrons. The largest absolute Gasteiger partial charge is 0.465 e. The lowest BCUT2D eigenvalue weighted by Crippen LogP contribution is -2.67. The summed E-state index contributed by atoms with van der Waals surface area (Å²) in [5.41, 5.74) is 0. The Labute approximate surface area is 201 Å². The average molecular weight is 481 g/mol. The van der Waals surface area contributed by atoms with E-state index >= 15 is 0 Å². The first-order chi connectivity index (χ1) is 15.8. The number of hydrogen-bond donors (Lipinski definition) is 1. The smallest absolute Gasteiger partial charge is 0.407 e. The third-order valence-electron chi connectivity index (χ3n) is 6.57. The number of amides is 1. The van der Waals surface area contributed by atoms with Gasteiger partial charge < -0.3 is 14.4 Å². The first-order valence-electron chi connectivity index (χ1n) is 11.5. The molecule has 0 aliphatic carbocycles. The zero-order valence-electron chi connectivity index (χ0n) is 19.5. The molecule has 5 nitrogen and oxygen atoms in total. The highest BCUT2D eigenvalue weighted by Crippen LogP contribution is 2.43. The molecule has 0 bridgehead atoms. The number of carbonyl (C=O) groups is 1. The minimum absolute atomic E-state index is 0.0580. The molecule has 0 radical (unpaired) electrons. The molecule has 1 aliphatic rings. The number of carboxylic acid groups (broad SMARTS) is 1. The zero-order valence-corrected chi connectivity index (χ0v) is 21.3. The van der Waals surface area contributed by atoms with E-state index in [0.717, 1.165) is 17.8 Å². The summed E-state index contributed by atoms with van der Waals surface area (Å²) in [7, 11) is -2.80. The molecule has 7 heteroatoms. The first kappa shape index (κ1) is 23.7. The number of hydrogen-bond acceptors (Lipinski definition) is 4. The Kier molecular flexibility index (Phi) is 7.02. The van der Waals surface area contributed by atoms with Gasteiger partial charge in [-0.2, -0.15) is 0 Å². The number of thiazole rings is 1. The maximum atomic E-state index is 11.8. The summed E-state index contributed by atoms with van der Waals surface area (Å²) in [5.74, 6) is 0.0580. The van der Waals surface area contributed by atoms with Gasteiger partial charge in [0, 0.05) is 30.6 Å². The van der Waals surface area contributed by atoms with Gasteiger partial charge in [-0.25, -0.2) is 9.78 Å². The summed E-state index contributed by atoms with van der Waals surface area (Å²) in [6.07, 6.45) is 2.45. The van der Waals surface area contributed by atoms with E-state index in [2.05, 4.69) is 74.3 Å². The lowest BCUT2D eigenvalue weighted by molar-refractivity contribution is 0.0588. The molecule has 2 heterocycles. The van der Waals surface area contributed by atoms with E-state index in [4.69, 9.17) is 4.43 Å². The van der Waals surface area contributed by atoms with E-state index in [1.54, 1.807) is 11.3 Å². The first-order valence-corrected chi connectivity index (χ1v) is 14.3. The minimum Gasteiger partial charge on any atom is -0.465 e. The van der Waals surface area contributed by atoms with Crippen molar-refractivity contribution in [2.75, 3.05) is 13.1 Å². The van der Waals surface area contributed by atoms with Crippen molar-refractivity contribution >= 4 is 36.1 Å². The normalized spacial score (nSPS) is 18.2. The molecule has 1 fully saturated rings. The molecule has 1 amide bonds. The fraction of sp³-hybridized carbons (Fsp3) is 0.385. The summed E-state index contributed by atoms with van der Waals surface area (Å²) in [4.78, 5) is 18.0. The average Bonchev–Trinajstić information content (AvgIpc) is 3.35. The Bertz CT molecular complexity index is 999. The molecule has 1 saturated heterocycles. The Morgan fingerprint density at radius 1 is 1.12 bits per heavy atom. The number of rotatable bonds is 6. The zero-order chi connectivity index (χ0) is 23.5. The van der Waals surface area contributed by atoms with Crippen LogP contribution in [-0.2, 0) is 4.43 Å². The van der Waals surface area contributed by atoms with Crippen LogP contribution in [0.25, 0.3) is 0 Å². The van der Waals surface area contributed by atoms with Gasteiger partial charge in [-0.15, -0.1) is 11.3 Å². The Balaban J connectivity index is 1.86. The molecule has 0 saturated carbocycles. The van der Waals surface area contributed by atoms with Gasteiger partial charge in [-0.1, -0.05) is 81.4 Å². The van der Waals surface area contributed by atoms with E-state index in [-0.39, 0.29) is 17.1 Å². The van der Waals surface area contributed by atoms with E-state index in [9.17, 15) is 9.90 Å². The summed E-state index contributed by atoms with van der Waals surface area (Å²) >= 11 is 1.60. The third kappa shape index (κ3) is 4.76. The molecular formula is C26H32N2O3SSi. The minimum atomic E-state index is -2.80. The van der Waals surface area contributed by atoms with E-state index < -0.39 is 14.4 Å². The Hall–Kier alpha value is -2.48. The Morgan fingerprint density at radius 2 is 1.73 bits per heavy atom. The highest BCUT2D eigenvalue weighted by molar-refractivity contribution is 7.09. The fourth-order valence-electron chi connectivity index (χ4n) is 5.04. The molecule has 0 spiro atoms. The maximum absolute atomic E-state index is 11.8. The van der Waals surface area contributed by atoms with Crippen molar-refractivity contribution in [3.63, 3.8) is 0 Å². The van der Waals surface area contributed by atoms with Crippen LogP contribution in [0.1, 0.15) is 44.7 Å². The Morgan fingerprint density at radius 3 is 2.21 bits per heavy atom. The van der Waals surface area contributed by atoms with Crippen LogP contribution in [0.2, 0.25) is 5.04 Å². The summed E-state index contributed by atoms with van der Waals surface area (Å²) < 4.78 is 7.45. The highest BCUT2D eigenvalue weighted by Gasteiger charge is 2.53. The van der Waals surface area contributed by atoms with Gasteiger partial charge in [0.25, 0.3) is 8.32 Å². The molecule has 2 aromatic carbocycles. The lowest BCUT2D eigenvalue weighted by atomic mass is 9.93. The predicted molar refractivity (Wildman–Crippen MR) is 136 cm³/mol. The number of benzene rings is 2. The van der Waals surface area contributed by atoms with Crippen molar-refractivity contribution in [1.29, 1.82) is 0 Å². The van der Waals surface area contributed by atoms with Crippen LogP contribution in [0.15, 0.2) is 72.2 Å². The topological polar surface area (TPSA) is 62.7 Å². The molecule has 1 N–H and O–H groups in total. The molecule has 33 heavy (non-hydrogen) atoms. The van der Waals surface area contributed by atoms with Crippen molar-refractivity contribution in [1.82, 2.24) is 9.88 Å². The molecule has 4 rings (SSSR count). The molecule has 1 aromatic heterocycles. The van der Waals surface area contributed by atoms with E-state index in [0.29, 0.717) is 13.1 Å². The van der Waals surface area contributed by atoms with Crippen molar-refractivity contribution in [3.05, 3.63) is 77.2 Å². The van der Waals surface area contributed by atoms with Crippen LogP contribution in [0.4, 0.5) is 4.79 Å². The van der Waals surface area contributed by atoms with Crippen LogP contribution in [0.3, 0.4) is 0 Å². The van der Waals surface area contributed by atoms with Gasteiger partial charge in [-0.3, -0.25) is 0 Å². The second-order valence-corrected chi connectivity index (χ2v) is 14.9. The van der Waals surface area contributed by atoms with E-state index in [1.165, 1.54) is 15.3 Å². The molecular weight excluding hydrogens is 448 g/mol. The van der Waals surface area contributed by atoms with Gasteiger partial charge >= 0.3 is 6.09 Å². The standard InChI is InChI=1S/C26H32N2O3SSi/c1-26(2,3)33(21-12-6-4-7-13-21,22-14-8-5-9-15-22)31-23(24-27-16-18-32-24)20-11-10-17-28(19-20)25(29)30/h4-9,12-16,18,20,23H,10-11,17,19H2,1-3H3,(H,29,30)/t20-,23+/m0/s1. The lowest BCUT2D eigenvalue weighted by Gasteiger charge is -2.47. The number of nitrogens with zero attached hydrogens (tertiary/aromatic N) is 2. The van der Waals surface area contributed by atoms with Crippen LogP contribution >= 0.6 is 11.3 Å². The third-order valence-corrected chi connectivity index (χ3v) is 12.4. The number of aromatic nitrogens is 1. The summed E-state index contributed by atoms with van der Waals surface area (Å²) in [5, 5.41) is 14.9. The molecule has 2 atom stereocenters. The molecule has 1 aliphatic heterocycles. The van der Waals surface area contributed by atoms with Gasteiger partial charge in [0.05, 0.1) is 0 Å². The SMILES string of the molecule is CC(C)(C)[Si](O[C@@H](c1nccs1)[C@H]1CCCN(C(=O)O)C1)(c1ccccc1)c1ccccc1. The van der Waals surface area contributed by atoms with Gasteiger partial charge in [0.2, 0.25) is 0 Å². The van der Waals surface area contributed by atoms with Crippen LogP contribution in [0, 0.1) is 5.92 Å². The second kappa shape index (κ2) is 9.79. The van der Waals surface area contributed by atoms with Crippen LogP contribution < -0.4 is 10.4 Å². The van der Waals surface area contributed by atoms with Gasteiger partial charge in [0.1, 0.15) is 11.1 Å². The fourth-order valence-corrected chi connectivity index (χ4v) is 10.6. The highest BCUT2D eigenvalue weighted by atomic mass is 32.1. The van der Waals surface area contributed by atoms with E-state index in [1.807, 2.05) is 23.7 Å². The van der Waals surface area contributed by atoms with Gasteiger partial charge in [0.15, 0.2) is 0 Å². The number of likely N-dealkylation sites (tertiary alicyclic amines) is 1. The molecule has 0 unspecified atom stereocenters. The predicted octanol–water partition coefficient (Wildman–Crippen LogP) is 5.15. The van der Waals surface area contributed by atoms with Gasteiger partial charge in [-0.05, 0) is 28.3 Å². The van der Waals surface area contributed by atoms with Crippen LogP contribution in [0.5, 0.6) is 0 Å². The molecule has 3 aromatic rings. The summed E-state index contributed by atoms with van der Waals surface area (Å²) in [6, 6.07) is 21.2.